The van der Waals surface area contributed by atoms with E-state index in [0.29, 0.717) is 11.3 Å². The molecule has 0 radical (unpaired) electrons. The topological polar surface area (TPSA) is 72.2 Å². The maximum Gasteiger partial charge on any atom is 0.243 e. The van der Waals surface area contributed by atoms with E-state index >= 15 is 0 Å². The fraction of sp³-hybridized carbons (Fsp3) is 0.273. The van der Waals surface area contributed by atoms with Crippen molar-refractivity contribution in [2.24, 2.45) is 0 Å². The normalized spacial score (nSPS) is 10.8. The van der Waals surface area contributed by atoms with Crippen LogP contribution >= 0.6 is 11.6 Å². The first-order valence-electron chi connectivity index (χ1n) is 4.83. The van der Waals surface area contributed by atoms with Gasteiger partial charge in [-0.2, -0.15) is 4.72 Å². The minimum absolute atomic E-state index is 0.0189. The molecule has 3 N–H and O–H groups in total. The van der Waals surface area contributed by atoms with Gasteiger partial charge in [-0.15, -0.1) is 5.92 Å². The molecule has 0 atom stereocenters. The fourth-order valence-electron chi connectivity index (χ4n) is 1.26. The van der Waals surface area contributed by atoms with Gasteiger partial charge >= 0.3 is 0 Å². The highest BCUT2D eigenvalue weighted by Crippen LogP contribution is 2.27. The minimum atomic E-state index is -3.67. The van der Waals surface area contributed by atoms with Gasteiger partial charge in [-0.05, 0) is 31.5 Å². The third kappa shape index (κ3) is 3.37. The highest BCUT2D eigenvalue weighted by Gasteiger charge is 2.19. The number of benzene rings is 1. The predicted molar refractivity (Wildman–Crippen MR) is 69.2 cm³/mol. The molecule has 6 heteroatoms. The van der Waals surface area contributed by atoms with Crippen LogP contribution in [0.4, 0.5) is 5.69 Å². The molecule has 1 aromatic carbocycles. The second-order valence-electron chi connectivity index (χ2n) is 3.40. The molecule has 4 nitrogen and oxygen atoms in total. The van der Waals surface area contributed by atoms with Crippen LogP contribution in [0.3, 0.4) is 0 Å². The molecule has 0 spiro atoms. The van der Waals surface area contributed by atoms with Crippen molar-refractivity contribution < 1.29 is 8.42 Å². The van der Waals surface area contributed by atoms with E-state index in [9.17, 15) is 8.42 Å². The van der Waals surface area contributed by atoms with Gasteiger partial charge in [-0.25, -0.2) is 8.42 Å². The Kier molecular flexibility index (Phi) is 4.40. The number of aryl methyl sites for hydroxylation is 1. The number of hydrogen-bond acceptors (Lipinski definition) is 3. The van der Waals surface area contributed by atoms with Crippen LogP contribution in [0.25, 0.3) is 0 Å². The predicted octanol–water partition coefficient (Wildman–Crippen LogP) is 1.53. The molecular weight excluding hydrogens is 260 g/mol. The number of anilines is 1. The maximum atomic E-state index is 11.9. The van der Waals surface area contributed by atoms with E-state index in [1.54, 1.807) is 19.9 Å². The van der Waals surface area contributed by atoms with Crippen LogP contribution in [0.2, 0.25) is 5.02 Å². The first kappa shape index (κ1) is 13.8. The van der Waals surface area contributed by atoms with Gasteiger partial charge < -0.3 is 5.73 Å². The molecule has 0 aliphatic rings. The molecule has 0 unspecified atom stereocenters. The lowest BCUT2D eigenvalue weighted by molar-refractivity contribution is 0.586. The molecular formula is C11H13ClN2O2S. The molecule has 1 rings (SSSR count). The number of rotatable bonds is 3. The van der Waals surface area contributed by atoms with E-state index in [-0.39, 0.29) is 16.5 Å². The SMILES string of the molecule is CC#CCNS(=O)(=O)c1cc(N)cc(C)c1Cl. The van der Waals surface area contributed by atoms with Gasteiger partial charge in [0.15, 0.2) is 0 Å². The maximum absolute atomic E-state index is 11.9. The molecule has 0 aliphatic carbocycles. The molecule has 0 bridgehead atoms. The molecule has 92 valence electrons. The Morgan fingerprint density at radius 3 is 2.71 bits per heavy atom. The van der Waals surface area contributed by atoms with Crippen LogP contribution < -0.4 is 10.5 Å². The van der Waals surface area contributed by atoms with Crippen molar-refractivity contribution in [3.8, 4) is 11.8 Å². The lowest BCUT2D eigenvalue weighted by Crippen LogP contribution is -2.24. The third-order valence-corrected chi connectivity index (χ3v) is 4.10. The van der Waals surface area contributed by atoms with Crippen molar-refractivity contribution in [3.63, 3.8) is 0 Å². The summed E-state index contributed by atoms with van der Waals surface area (Å²) in [7, 11) is -3.67. The highest BCUT2D eigenvalue weighted by atomic mass is 35.5. The number of nitrogens with one attached hydrogen (secondary N) is 1. The molecule has 0 aliphatic heterocycles. The smallest absolute Gasteiger partial charge is 0.243 e. The highest BCUT2D eigenvalue weighted by molar-refractivity contribution is 7.89. The first-order valence-corrected chi connectivity index (χ1v) is 6.69. The van der Waals surface area contributed by atoms with Crippen LogP contribution in [-0.2, 0) is 10.0 Å². The van der Waals surface area contributed by atoms with Gasteiger partial charge in [0.25, 0.3) is 0 Å². The summed E-state index contributed by atoms with van der Waals surface area (Å²) in [5.41, 5.74) is 6.58. The number of sulfonamides is 1. The molecule has 1 aromatic rings. The quantitative estimate of drug-likeness (QED) is 0.647. The van der Waals surface area contributed by atoms with E-state index in [2.05, 4.69) is 16.6 Å². The summed E-state index contributed by atoms with van der Waals surface area (Å²) < 4.78 is 26.2. The summed E-state index contributed by atoms with van der Waals surface area (Å²) in [6.07, 6.45) is 0. The zero-order valence-corrected chi connectivity index (χ0v) is 11.1. The largest absolute Gasteiger partial charge is 0.399 e. The van der Waals surface area contributed by atoms with Crippen molar-refractivity contribution in [2.45, 2.75) is 18.7 Å². The molecule has 0 heterocycles. The average Bonchev–Trinajstić information content (AvgIpc) is 2.23. The summed E-state index contributed by atoms with van der Waals surface area (Å²) >= 11 is 5.95. The molecule has 0 amide bonds. The van der Waals surface area contributed by atoms with Crippen molar-refractivity contribution in [3.05, 3.63) is 22.7 Å². The van der Waals surface area contributed by atoms with Crippen LogP contribution in [0.15, 0.2) is 17.0 Å². The van der Waals surface area contributed by atoms with Crippen molar-refractivity contribution in [2.75, 3.05) is 12.3 Å². The van der Waals surface area contributed by atoms with E-state index in [4.69, 9.17) is 17.3 Å². The Balaban J connectivity index is 3.18. The summed E-state index contributed by atoms with van der Waals surface area (Å²) in [5.74, 6) is 5.20. The Labute approximate surface area is 106 Å². The average molecular weight is 273 g/mol. The summed E-state index contributed by atoms with van der Waals surface area (Å²) in [6.45, 7) is 3.37. The van der Waals surface area contributed by atoms with Crippen LogP contribution in [0.1, 0.15) is 12.5 Å². The second kappa shape index (κ2) is 5.41. The minimum Gasteiger partial charge on any atom is -0.399 e. The Morgan fingerprint density at radius 1 is 1.47 bits per heavy atom. The third-order valence-electron chi connectivity index (χ3n) is 2.06. The Bertz CT molecular complexity index is 585. The number of nitrogens with two attached hydrogens (primary N) is 1. The fourth-order valence-corrected chi connectivity index (χ4v) is 2.78. The van der Waals surface area contributed by atoms with E-state index in [0.717, 1.165) is 0 Å². The summed E-state index contributed by atoms with van der Waals surface area (Å²) in [6, 6.07) is 2.95. The number of halogens is 1. The molecule has 0 saturated heterocycles. The van der Waals surface area contributed by atoms with E-state index in [1.165, 1.54) is 6.07 Å². The summed E-state index contributed by atoms with van der Waals surface area (Å²) in [5, 5.41) is 0.177. The second-order valence-corrected chi connectivity index (χ2v) is 5.51. The van der Waals surface area contributed by atoms with Crippen molar-refractivity contribution in [1.29, 1.82) is 0 Å². The molecule has 17 heavy (non-hydrogen) atoms. The lowest BCUT2D eigenvalue weighted by atomic mass is 10.2. The van der Waals surface area contributed by atoms with Gasteiger partial charge in [-0.3, -0.25) is 0 Å². The standard InChI is InChI=1S/C11H13ClN2O2S/c1-3-4-5-14-17(15,16)10-7-9(13)6-8(2)11(10)12/h6-7,14H,5,13H2,1-2H3. The summed E-state index contributed by atoms with van der Waals surface area (Å²) in [4.78, 5) is -0.0189. The zero-order chi connectivity index (χ0) is 13.1. The lowest BCUT2D eigenvalue weighted by Gasteiger charge is -2.09. The monoisotopic (exact) mass is 272 g/mol. The number of hydrogen-bond donors (Lipinski definition) is 2. The van der Waals surface area contributed by atoms with Crippen LogP contribution in [-0.4, -0.2) is 15.0 Å². The van der Waals surface area contributed by atoms with Gasteiger partial charge in [0.2, 0.25) is 10.0 Å². The van der Waals surface area contributed by atoms with Gasteiger partial charge in [0, 0.05) is 5.69 Å². The van der Waals surface area contributed by atoms with E-state index < -0.39 is 10.0 Å². The zero-order valence-electron chi connectivity index (χ0n) is 9.54. The molecule has 0 aromatic heterocycles. The Hall–Kier alpha value is -1.22. The van der Waals surface area contributed by atoms with Gasteiger partial charge in [-0.1, -0.05) is 17.5 Å². The van der Waals surface area contributed by atoms with Crippen LogP contribution in [0, 0.1) is 18.8 Å². The molecule has 0 saturated carbocycles. The number of nitrogen functional groups attached to an aromatic ring is 1. The van der Waals surface area contributed by atoms with Gasteiger partial charge in [0.1, 0.15) is 4.90 Å². The Morgan fingerprint density at radius 2 is 2.12 bits per heavy atom. The van der Waals surface area contributed by atoms with E-state index in [1.807, 2.05) is 0 Å². The van der Waals surface area contributed by atoms with Crippen LogP contribution in [0.5, 0.6) is 0 Å². The van der Waals surface area contributed by atoms with Crippen molar-refractivity contribution >= 4 is 27.3 Å². The van der Waals surface area contributed by atoms with Crippen molar-refractivity contribution in [1.82, 2.24) is 4.72 Å². The molecule has 0 fully saturated rings. The first-order chi connectivity index (χ1) is 7.88. The van der Waals surface area contributed by atoms with Gasteiger partial charge in [0.05, 0.1) is 11.6 Å².